The third-order valence-electron chi connectivity index (χ3n) is 3.79. The summed E-state index contributed by atoms with van der Waals surface area (Å²) in [5.74, 6) is 0.402. The minimum atomic E-state index is -0.878. The molecule has 1 saturated carbocycles. The van der Waals surface area contributed by atoms with Crippen LogP contribution in [0.3, 0.4) is 0 Å². The fourth-order valence-electron chi connectivity index (χ4n) is 2.26. The van der Waals surface area contributed by atoms with Crippen molar-refractivity contribution in [2.45, 2.75) is 32.3 Å². The van der Waals surface area contributed by atoms with Crippen molar-refractivity contribution in [3.8, 4) is 11.8 Å². The van der Waals surface area contributed by atoms with Gasteiger partial charge in [0.15, 0.2) is 0 Å². The van der Waals surface area contributed by atoms with Gasteiger partial charge in [0, 0.05) is 6.54 Å². The number of carbonyl (C=O) groups is 1. The van der Waals surface area contributed by atoms with E-state index in [4.69, 9.17) is 10.00 Å². The van der Waals surface area contributed by atoms with Crippen LogP contribution in [0.15, 0.2) is 24.3 Å². The Hall–Kier alpha value is -2.06. The molecule has 1 unspecified atom stereocenters. The number of carbonyl (C=O) groups excluding carboxylic acids is 1. The number of hydrogen-bond acceptors (Lipinski definition) is 4. The molecule has 1 amide bonds. The van der Waals surface area contributed by atoms with Crippen LogP contribution < -0.4 is 10.1 Å². The molecule has 5 heteroatoms. The van der Waals surface area contributed by atoms with E-state index in [1.165, 1.54) is 0 Å². The summed E-state index contributed by atoms with van der Waals surface area (Å²) in [6.07, 6.45) is 1.31. The molecule has 1 aliphatic rings. The molecule has 0 bridgehead atoms. The van der Waals surface area contributed by atoms with Crippen LogP contribution in [0.4, 0.5) is 0 Å². The molecule has 1 atom stereocenters. The number of nitriles is 1. The molecule has 0 aliphatic heterocycles. The maximum absolute atomic E-state index is 11.9. The van der Waals surface area contributed by atoms with Crippen LogP contribution in [0.5, 0.6) is 5.75 Å². The minimum Gasteiger partial charge on any atom is -0.491 e. The second-order valence-electron chi connectivity index (χ2n) is 5.54. The molecule has 1 fully saturated rings. The molecule has 0 saturated heterocycles. The van der Waals surface area contributed by atoms with E-state index in [9.17, 15) is 9.90 Å². The van der Waals surface area contributed by atoms with Crippen LogP contribution in [0.25, 0.3) is 0 Å². The Morgan fingerprint density at radius 1 is 1.57 bits per heavy atom. The van der Waals surface area contributed by atoms with Gasteiger partial charge in [0.2, 0.25) is 5.91 Å². The first kappa shape index (κ1) is 15.3. The number of nitrogens with one attached hydrogen (secondary N) is 1. The van der Waals surface area contributed by atoms with E-state index < -0.39 is 11.5 Å². The number of amides is 1. The maximum Gasteiger partial charge on any atom is 0.240 e. The molecule has 21 heavy (non-hydrogen) atoms. The SMILES string of the molecule is Cc1cccc(OCC(O)CNC(=O)C2(C#N)CCC2)c1. The van der Waals surface area contributed by atoms with Crippen molar-refractivity contribution in [2.75, 3.05) is 13.2 Å². The van der Waals surface area contributed by atoms with Crippen molar-refractivity contribution in [3.63, 3.8) is 0 Å². The summed E-state index contributed by atoms with van der Waals surface area (Å²) in [5.41, 5.74) is 0.202. The zero-order valence-corrected chi connectivity index (χ0v) is 12.1. The fourth-order valence-corrected chi connectivity index (χ4v) is 2.26. The van der Waals surface area contributed by atoms with Crippen molar-refractivity contribution in [2.24, 2.45) is 5.41 Å². The van der Waals surface area contributed by atoms with E-state index in [-0.39, 0.29) is 19.1 Å². The third kappa shape index (κ3) is 3.73. The summed E-state index contributed by atoms with van der Waals surface area (Å²) in [7, 11) is 0. The van der Waals surface area contributed by atoms with Gasteiger partial charge < -0.3 is 15.2 Å². The average Bonchev–Trinajstić information content (AvgIpc) is 2.42. The number of benzene rings is 1. The Kier molecular flexibility index (Phi) is 4.81. The van der Waals surface area contributed by atoms with Crippen molar-refractivity contribution in [1.82, 2.24) is 5.32 Å². The summed E-state index contributed by atoms with van der Waals surface area (Å²) < 4.78 is 5.47. The molecule has 1 aromatic carbocycles. The third-order valence-corrected chi connectivity index (χ3v) is 3.79. The highest BCUT2D eigenvalue weighted by Crippen LogP contribution is 2.40. The summed E-state index contributed by atoms with van der Waals surface area (Å²) in [6, 6.07) is 9.62. The van der Waals surface area contributed by atoms with E-state index in [0.29, 0.717) is 18.6 Å². The zero-order chi connectivity index (χ0) is 15.3. The predicted molar refractivity (Wildman–Crippen MR) is 77.6 cm³/mol. The largest absolute Gasteiger partial charge is 0.491 e. The van der Waals surface area contributed by atoms with Crippen LogP contribution >= 0.6 is 0 Å². The van der Waals surface area contributed by atoms with Crippen molar-refractivity contribution < 1.29 is 14.6 Å². The van der Waals surface area contributed by atoms with Gasteiger partial charge in [-0.05, 0) is 43.9 Å². The lowest BCUT2D eigenvalue weighted by Gasteiger charge is -2.33. The van der Waals surface area contributed by atoms with Gasteiger partial charge in [-0.15, -0.1) is 0 Å². The first-order valence-corrected chi connectivity index (χ1v) is 7.13. The fraction of sp³-hybridized carbons (Fsp3) is 0.500. The lowest BCUT2D eigenvalue weighted by Crippen LogP contribution is -2.47. The summed E-state index contributed by atoms with van der Waals surface area (Å²) >= 11 is 0. The zero-order valence-electron chi connectivity index (χ0n) is 12.1. The molecule has 2 rings (SSSR count). The standard InChI is InChI=1S/C16H20N2O3/c1-12-4-2-5-14(8-12)21-10-13(19)9-18-15(20)16(11-17)6-3-7-16/h2,4-5,8,13,19H,3,6-7,9-10H2,1H3,(H,18,20). The molecule has 0 spiro atoms. The Balaban J connectivity index is 1.74. The van der Waals surface area contributed by atoms with Crippen LogP contribution in [0, 0.1) is 23.7 Å². The molecule has 5 nitrogen and oxygen atoms in total. The second kappa shape index (κ2) is 6.59. The van der Waals surface area contributed by atoms with Gasteiger partial charge in [-0.25, -0.2) is 0 Å². The maximum atomic E-state index is 11.9. The highest BCUT2D eigenvalue weighted by atomic mass is 16.5. The molecule has 1 aromatic rings. The first-order valence-electron chi connectivity index (χ1n) is 7.13. The van der Waals surface area contributed by atoms with E-state index in [1.54, 1.807) is 0 Å². The van der Waals surface area contributed by atoms with Gasteiger partial charge in [-0.3, -0.25) is 4.79 Å². The quantitative estimate of drug-likeness (QED) is 0.832. The first-order chi connectivity index (χ1) is 10.1. The van der Waals surface area contributed by atoms with Crippen molar-refractivity contribution >= 4 is 5.91 Å². The van der Waals surface area contributed by atoms with E-state index in [2.05, 4.69) is 11.4 Å². The highest BCUT2D eigenvalue weighted by Gasteiger charge is 2.44. The Morgan fingerprint density at radius 3 is 2.90 bits per heavy atom. The summed E-state index contributed by atoms with van der Waals surface area (Å²) in [6.45, 7) is 2.15. The van der Waals surface area contributed by atoms with Gasteiger partial charge in [0.05, 0.1) is 6.07 Å². The van der Waals surface area contributed by atoms with E-state index >= 15 is 0 Å². The van der Waals surface area contributed by atoms with Gasteiger partial charge in [0.1, 0.15) is 23.9 Å². The number of aliphatic hydroxyl groups excluding tert-OH is 1. The molecule has 0 heterocycles. The smallest absolute Gasteiger partial charge is 0.240 e. The van der Waals surface area contributed by atoms with Gasteiger partial charge in [-0.1, -0.05) is 12.1 Å². The van der Waals surface area contributed by atoms with E-state index in [0.717, 1.165) is 12.0 Å². The Morgan fingerprint density at radius 2 is 2.33 bits per heavy atom. The number of hydrogen-bond donors (Lipinski definition) is 2. The van der Waals surface area contributed by atoms with Crippen molar-refractivity contribution in [1.29, 1.82) is 5.26 Å². The molecule has 1 aliphatic carbocycles. The van der Waals surface area contributed by atoms with Gasteiger partial charge in [0.25, 0.3) is 0 Å². The molecule has 0 radical (unpaired) electrons. The summed E-state index contributed by atoms with van der Waals surface area (Å²) in [5, 5.41) is 21.5. The van der Waals surface area contributed by atoms with Crippen LogP contribution in [0.1, 0.15) is 24.8 Å². The normalized spacial score (nSPS) is 17.2. The minimum absolute atomic E-state index is 0.0913. The molecule has 2 N–H and O–H groups in total. The van der Waals surface area contributed by atoms with Crippen LogP contribution in [-0.4, -0.2) is 30.3 Å². The molecule has 112 valence electrons. The second-order valence-corrected chi connectivity index (χ2v) is 5.54. The number of aliphatic hydroxyl groups is 1. The lowest BCUT2D eigenvalue weighted by molar-refractivity contribution is -0.132. The number of ether oxygens (including phenoxy) is 1. The van der Waals surface area contributed by atoms with Crippen LogP contribution in [0.2, 0.25) is 0 Å². The highest BCUT2D eigenvalue weighted by molar-refractivity contribution is 5.86. The Labute approximate surface area is 124 Å². The molecule has 0 aromatic heterocycles. The monoisotopic (exact) mass is 288 g/mol. The number of rotatable bonds is 6. The average molecular weight is 288 g/mol. The lowest BCUT2D eigenvalue weighted by atomic mass is 9.69. The summed E-state index contributed by atoms with van der Waals surface area (Å²) in [4.78, 5) is 11.9. The Bertz CT molecular complexity index is 547. The topological polar surface area (TPSA) is 82.3 Å². The van der Waals surface area contributed by atoms with Gasteiger partial charge in [-0.2, -0.15) is 5.26 Å². The number of nitrogens with zero attached hydrogens (tertiary/aromatic N) is 1. The van der Waals surface area contributed by atoms with Crippen molar-refractivity contribution in [3.05, 3.63) is 29.8 Å². The molecular weight excluding hydrogens is 268 g/mol. The predicted octanol–water partition coefficient (Wildman–Crippen LogP) is 1.54. The van der Waals surface area contributed by atoms with Crippen LogP contribution in [-0.2, 0) is 4.79 Å². The van der Waals surface area contributed by atoms with Gasteiger partial charge >= 0.3 is 0 Å². The van der Waals surface area contributed by atoms with E-state index in [1.807, 2.05) is 31.2 Å². The molecular formula is C16H20N2O3. The number of aryl methyl sites for hydroxylation is 1.